The summed E-state index contributed by atoms with van der Waals surface area (Å²) in [4.78, 5) is 10.9. The largest absolute Gasteiger partial charge is 0.493 e. The SMILES string of the molecule is COc1cc(C=O)cc(OC)c1OCCOc1ccccc1C. The summed E-state index contributed by atoms with van der Waals surface area (Å²) in [5.41, 5.74) is 1.53. The number of carbonyl (C=O) groups excluding carboxylic acids is 1. The molecule has 5 nitrogen and oxygen atoms in total. The van der Waals surface area contributed by atoms with Crippen LogP contribution >= 0.6 is 0 Å². The van der Waals surface area contributed by atoms with E-state index in [0.717, 1.165) is 17.6 Å². The molecule has 0 aliphatic carbocycles. The predicted molar refractivity (Wildman–Crippen MR) is 87.1 cm³/mol. The van der Waals surface area contributed by atoms with Crippen LogP contribution in [0.4, 0.5) is 0 Å². The van der Waals surface area contributed by atoms with E-state index in [0.29, 0.717) is 36.0 Å². The Bertz CT molecular complexity index is 641. The molecular weight excluding hydrogens is 296 g/mol. The lowest BCUT2D eigenvalue weighted by Gasteiger charge is -2.15. The maximum atomic E-state index is 10.9. The quantitative estimate of drug-likeness (QED) is 0.552. The molecule has 0 heterocycles. The van der Waals surface area contributed by atoms with E-state index in [4.69, 9.17) is 18.9 Å². The number of hydrogen-bond donors (Lipinski definition) is 0. The highest BCUT2D eigenvalue weighted by molar-refractivity contribution is 5.78. The zero-order valence-corrected chi connectivity index (χ0v) is 13.5. The topological polar surface area (TPSA) is 54.0 Å². The van der Waals surface area contributed by atoms with Gasteiger partial charge in [-0.05, 0) is 30.7 Å². The normalized spacial score (nSPS) is 10.0. The summed E-state index contributed by atoms with van der Waals surface area (Å²) in [7, 11) is 3.03. The van der Waals surface area contributed by atoms with E-state index in [1.165, 1.54) is 14.2 Å². The van der Waals surface area contributed by atoms with Crippen LogP contribution < -0.4 is 18.9 Å². The number of aryl methyl sites for hydroxylation is 1. The molecule has 5 heteroatoms. The number of carbonyl (C=O) groups is 1. The van der Waals surface area contributed by atoms with Crippen molar-refractivity contribution in [3.05, 3.63) is 47.5 Å². The fourth-order valence-corrected chi connectivity index (χ4v) is 2.12. The zero-order chi connectivity index (χ0) is 16.7. The van der Waals surface area contributed by atoms with Gasteiger partial charge in [-0.1, -0.05) is 18.2 Å². The fraction of sp³-hybridized carbons (Fsp3) is 0.278. The van der Waals surface area contributed by atoms with Gasteiger partial charge in [-0.3, -0.25) is 4.79 Å². The number of para-hydroxylation sites is 1. The standard InChI is InChI=1S/C18H20O5/c1-13-6-4-5-7-15(13)22-8-9-23-18-16(20-2)10-14(12-19)11-17(18)21-3/h4-7,10-12H,8-9H2,1-3H3. The molecule has 0 spiro atoms. The lowest BCUT2D eigenvalue weighted by molar-refractivity contribution is 0.112. The third-order valence-corrected chi connectivity index (χ3v) is 3.30. The van der Waals surface area contributed by atoms with Crippen molar-refractivity contribution < 1.29 is 23.7 Å². The van der Waals surface area contributed by atoms with E-state index in [1.54, 1.807) is 12.1 Å². The Kier molecular flexibility index (Phi) is 5.86. The summed E-state index contributed by atoms with van der Waals surface area (Å²) in [5.74, 6) is 2.17. The molecule has 0 saturated carbocycles. The van der Waals surface area contributed by atoms with Crippen LogP contribution in [0.3, 0.4) is 0 Å². The minimum atomic E-state index is 0.321. The van der Waals surface area contributed by atoms with Crippen LogP contribution in [-0.2, 0) is 0 Å². The van der Waals surface area contributed by atoms with Gasteiger partial charge in [0.15, 0.2) is 11.5 Å². The van der Waals surface area contributed by atoms with Crippen LogP contribution in [0.1, 0.15) is 15.9 Å². The van der Waals surface area contributed by atoms with Gasteiger partial charge in [0.05, 0.1) is 14.2 Å². The summed E-state index contributed by atoms with van der Waals surface area (Å²) < 4.78 is 21.9. The first kappa shape index (κ1) is 16.7. The minimum Gasteiger partial charge on any atom is -0.493 e. The second kappa shape index (κ2) is 8.08. The van der Waals surface area contributed by atoms with Gasteiger partial charge in [0, 0.05) is 5.56 Å². The van der Waals surface area contributed by atoms with Crippen molar-refractivity contribution in [2.45, 2.75) is 6.92 Å². The van der Waals surface area contributed by atoms with Crippen LogP contribution in [0.15, 0.2) is 36.4 Å². The van der Waals surface area contributed by atoms with Crippen molar-refractivity contribution in [3.8, 4) is 23.0 Å². The number of hydrogen-bond acceptors (Lipinski definition) is 5. The Balaban J connectivity index is 2.02. The molecule has 0 radical (unpaired) electrons. The number of benzene rings is 2. The molecule has 0 saturated heterocycles. The summed E-state index contributed by atoms with van der Waals surface area (Å²) in [6, 6.07) is 11.0. The molecule has 0 unspecified atom stereocenters. The summed E-state index contributed by atoms with van der Waals surface area (Å²) in [6.45, 7) is 2.69. The molecule has 0 N–H and O–H groups in total. The average Bonchev–Trinajstić information content (AvgIpc) is 2.59. The number of ether oxygens (including phenoxy) is 4. The molecule has 0 bridgehead atoms. The smallest absolute Gasteiger partial charge is 0.203 e. The lowest BCUT2D eigenvalue weighted by Crippen LogP contribution is -2.11. The summed E-state index contributed by atoms with van der Waals surface area (Å²) in [5, 5.41) is 0. The molecule has 0 fully saturated rings. The van der Waals surface area contributed by atoms with Crippen LogP contribution in [0.5, 0.6) is 23.0 Å². The highest BCUT2D eigenvalue weighted by Crippen LogP contribution is 2.38. The highest BCUT2D eigenvalue weighted by Gasteiger charge is 2.14. The first-order valence-corrected chi connectivity index (χ1v) is 7.22. The second-order valence-corrected chi connectivity index (χ2v) is 4.83. The van der Waals surface area contributed by atoms with E-state index in [9.17, 15) is 4.79 Å². The maximum Gasteiger partial charge on any atom is 0.203 e. The monoisotopic (exact) mass is 316 g/mol. The van der Waals surface area contributed by atoms with E-state index in [1.807, 2.05) is 31.2 Å². The summed E-state index contributed by atoms with van der Waals surface area (Å²) >= 11 is 0. The molecule has 2 aromatic rings. The van der Waals surface area contributed by atoms with E-state index >= 15 is 0 Å². The molecule has 0 amide bonds. The van der Waals surface area contributed by atoms with E-state index in [-0.39, 0.29) is 0 Å². The fourth-order valence-electron chi connectivity index (χ4n) is 2.12. The van der Waals surface area contributed by atoms with Crippen LogP contribution in [0, 0.1) is 6.92 Å². The first-order chi connectivity index (χ1) is 11.2. The Hall–Kier alpha value is -2.69. The highest BCUT2D eigenvalue weighted by atomic mass is 16.6. The third kappa shape index (κ3) is 4.16. The molecule has 2 rings (SSSR count). The van der Waals surface area contributed by atoms with E-state index < -0.39 is 0 Å². The zero-order valence-electron chi connectivity index (χ0n) is 13.5. The molecule has 0 aromatic heterocycles. The van der Waals surface area contributed by atoms with Gasteiger partial charge >= 0.3 is 0 Å². The molecule has 23 heavy (non-hydrogen) atoms. The van der Waals surface area contributed by atoms with Crippen molar-refractivity contribution in [2.24, 2.45) is 0 Å². The van der Waals surface area contributed by atoms with Crippen LogP contribution in [0.2, 0.25) is 0 Å². The first-order valence-electron chi connectivity index (χ1n) is 7.22. The Morgan fingerprint density at radius 1 is 0.913 bits per heavy atom. The predicted octanol–water partition coefficient (Wildman–Crippen LogP) is 3.28. The third-order valence-electron chi connectivity index (χ3n) is 3.30. The minimum absolute atomic E-state index is 0.321. The molecule has 0 aliphatic heterocycles. The lowest BCUT2D eigenvalue weighted by atomic mass is 10.2. The maximum absolute atomic E-state index is 10.9. The molecule has 2 aromatic carbocycles. The number of methoxy groups -OCH3 is 2. The van der Waals surface area contributed by atoms with Crippen molar-refractivity contribution >= 4 is 6.29 Å². The van der Waals surface area contributed by atoms with Crippen LogP contribution in [-0.4, -0.2) is 33.7 Å². The Morgan fingerprint density at radius 2 is 1.52 bits per heavy atom. The molecular formula is C18H20O5. The van der Waals surface area contributed by atoms with Gasteiger partial charge in [0.25, 0.3) is 0 Å². The van der Waals surface area contributed by atoms with Crippen molar-refractivity contribution in [3.63, 3.8) is 0 Å². The van der Waals surface area contributed by atoms with Gasteiger partial charge in [-0.25, -0.2) is 0 Å². The van der Waals surface area contributed by atoms with Crippen molar-refractivity contribution in [1.82, 2.24) is 0 Å². The van der Waals surface area contributed by atoms with E-state index in [2.05, 4.69) is 0 Å². The average molecular weight is 316 g/mol. The Labute approximate surface area is 135 Å². The van der Waals surface area contributed by atoms with Gasteiger partial charge in [0.1, 0.15) is 25.2 Å². The van der Waals surface area contributed by atoms with Crippen molar-refractivity contribution in [2.75, 3.05) is 27.4 Å². The van der Waals surface area contributed by atoms with Gasteiger partial charge < -0.3 is 18.9 Å². The molecule has 122 valence electrons. The summed E-state index contributed by atoms with van der Waals surface area (Å²) in [6.07, 6.45) is 0.732. The number of rotatable bonds is 8. The van der Waals surface area contributed by atoms with Crippen LogP contribution in [0.25, 0.3) is 0 Å². The number of aldehydes is 1. The Morgan fingerprint density at radius 3 is 2.09 bits per heavy atom. The van der Waals surface area contributed by atoms with Crippen molar-refractivity contribution in [1.29, 1.82) is 0 Å². The van der Waals surface area contributed by atoms with Gasteiger partial charge in [-0.2, -0.15) is 0 Å². The second-order valence-electron chi connectivity index (χ2n) is 4.83. The van der Waals surface area contributed by atoms with Gasteiger partial charge in [-0.15, -0.1) is 0 Å². The molecule has 0 aliphatic rings. The molecule has 0 atom stereocenters. The van der Waals surface area contributed by atoms with Gasteiger partial charge in [0.2, 0.25) is 5.75 Å².